The molecular weight excluding hydrogens is 186 g/mol. The van der Waals surface area contributed by atoms with E-state index < -0.39 is 0 Å². The normalized spacial score (nSPS) is 10.1. The number of aryl methyl sites for hydroxylation is 1. The zero-order valence-corrected chi connectivity index (χ0v) is 8.06. The lowest BCUT2D eigenvalue weighted by Gasteiger charge is -1.95. The highest BCUT2D eigenvalue weighted by molar-refractivity contribution is 6.07. The van der Waals surface area contributed by atoms with E-state index >= 15 is 0 Å². The monoisotopic (exact) mass is 197 g/mol. The average molecular weight is 197 g/mol. The third-order valence-corrected chi connectivity index (χ3v) is 1.55. The molecule has 0 fully saturated rings. The number of Topliss-reactive ketones (excluding diaryl/α,β-unsaturated/α-hetero) is 2. The highest BCUT2D eigenvalue weighted by atomic mass is 16.5. The fraction of sp³-hybridized carbons (Fsp3) is 0.500. The first-order chi connectivity index (χ1) is 6.63. The van der Waals surface area contributed by atoms with E-state index in [9.17, 15) is 9.59 Å². The van der Waals surface area contributed by atoms with Crippen molar-refractivity contribution in [3.8, 4) is 0 Å². The number of methoxy groups -OCH3 is 1. The van der Waals surface area contributed by atoms with Crippen LogP contribution in [0.3, 0.4) is 0 Å². The molecule has 0 unspecified atom stereocenters. The van der Waals surface area contributed by atoms with Gasteiger partial charge in [0.2, 0.25) is 0 Å². The predicted octanol–water partition coefficient (Wildman–Crippen LogP) is -0.397. The third kappa shape index (κ3) is 2.74. The second kappa shape index (κ2) is 4.61. The van der Waals surface area contributed by atoms with Crippen LogP contribution in [0.25, 0.3) is 0 Å². The van der Waals surface area contributed by atoms with E-state index in [4.69, 9.17) is 0 Å². The minimum Gasteiger partial charge on any atom is -0.377 e. The Balaban J connectivity index is 2.55. The molecule has 0 atom stereocenters. The molecule has 0 aliphatic rings. The summed E-state index contributed by atoms with van der Waals surface area (Å²) in [5.74, 6) is -0.594. The Morgan fingerprint density at radius 3 is 2.79 bits per heavy atom. The summed E-state index contributed by atoms with van der Waals surface area (Å²) in [6, 6.07) is 0. The van der Waals surface area contributed by atoms with E-state index in [0.29, 0.717) is 0 Å². The Morgan fingerprint density at radius 2 is 2.29 bits per heavy atom. The van der Waals surface area contributed by atoms with Gasteiger partial charge in [0.1, 0.15) is 12.3 Å². The first-order valence-corrected chi connectivity index (χ1v) is 4.03. The minimum absolute atomic E-state index is 0.0496. The zero-order valence-electron chi connectivity index (χ0n) is 8.06. The highest BCUT2D eigenvalue weighted by Gasteiger charge is 2.14. The molecule has 1 aromatic rings. The molecule has 0 saturated carbocycles. The number of carbonyl (C=O) groups excluding carboxylic acids is 2. The van der Waals surface area contributed by atoms with Gasteiger partial charge in [-0.25, -0.2) is 0 Å². The average Bonchev–Trinajstić information content (AvgIpc) is 2.52. The van der Waals surface area contributed by atoms with E-state index in [-0.39, 0.29) is 30.3 Å². The molecular formula is C8H11N3O3. The Kier molecular flexibility index (Phi) is 3.47. The molecule has 1 heterocycles. The van der Waals surface area contributed by atoms with Crippen molar-refractivity contribution >= 4 is 11.6 Å². The van der Waals surface area contributed by atoms with Crippen molar-refractivity contribution in [2.24, 2.45) is 7.05 Å². The van der Waals surface area contributed by atoms with Gasteiger partial charge in [0, 0.05) is 14.2 Å². The molecule has 0 aromatic carbocycles. The van der Waals surface area contributed by atoms with Crippen molar-refractivity contribution in [2.75, 3.05) is 13.7 Å². The summed E-state index contributed by atoms with van der Waals surface area (Å²) in [5, 5.41) is 7.19. The van der Waals surface area contributed by atoms with Gasteiger partial charge in [0.05, 0.1) is 12.6 Å². The molecule has 76 valence electrons. The van der Waals surface area contributed by atoms with Crippen LogP contribution in [0.4, 0.5) is 0 Å². The molecule has 0 saturated heterocycles. The van der Waals surface area contributed by atoms with Gasteiger partial charge in [-0.1, -0.05) is 5.21 Å². The molecule has 0 amide bonds. The van der Waals surface area contributed by atoms with Crippen LogP contribution in [-0.2, 0) is 16.6 Å². The van der Waals surface area contributed by atoms with Crippen LogP contribution in [0.5, 0.6) is 0 Å². The number of carbonyl (C=O) groups is 2. The fourth-order valence-electron chi connectivity index (χ4n) is 0.957. The van der Waals surface area contributed by atoms with Crippen molar-refractivity contribution in [3.05, 3.63) is 11.9 Å². The molecule has 0 aliphatic heterocycles. The number of ether oxygens (including phenoxy) is 1. The standard InChI is InChI=1S/C8H11N3O3/c1-11-4-7(9-10-11)8(13)3-6(12)5-14-2/h4H,3,5H2,1-2H3. The summed E-state index contributed by atoms with van der Waals surface area (Å²) in [4.78, 5) is 22.4. The first kappa shape index (κ1) is 10.5. The van der Waals surface area contributed by atoms with Gasteiger partial charge in [-0.15, -0.1) is 5.10 Å². The van der Waals surface area contributed by atoms with E-state index in [2.05, 4.69) is 15.0 Å². The molecule has 6 heteroatoms. The van der Waals surface area contributed by atoms with Crippen LogP contribution in [0.15, 0.2) is 6.20 Å². The van der Waals surface area contributed by atoms with E-state index in [1.165, 1.54) is 18.0 Å². The van der Waals surface area contributed by atoms with Gasteiger partial charge < -0.3 is 4.74 Å². The van der Waals surface area contributed by atoms with Crippen molar-refractivity contribution in [1.29, 1.82) is 0 Å². The van der Waals surface area contributed by atoms with Crippen LogP contribution in [0.1, 0.15) is 16.9 Å². The minimum atomic E-state index is -0.333. The lowest BCUT2D eigenvalue weighted by atomic mass is 10.2. The Bertz CT molecular complexity index is 345. The summed E-state index contributed by atoms with van der Waals surface area (Å²) < 4.78 is 6.01. The van der Waals surface area contributed by atoms with Crippen molar-refractivity contribution in [2.45, 2.75) is 6.42 Å². The van der Waals surface area contributed by atoms with Crippen LogP contribution in [0, 0.1) is 0 Å². The SMILES string of the molecule is COCC(=O)CC(=O)c1cn(C)nn1. The first-order valence-electron chi connectivity index (χ1n) is 4.03. The maximum atomic E-state index is 11.4. The molecule has 14 heavy (non-hydrogen) atoms. The molecule has 0 bridgehead atoms. The number of hydrogen-bond donors (Lipinski definition) is 0. The van der Waals surface area contributed by atoms with E-state index in [1.54, 1.807) is 7.05 Å². The quantitative estimate of drug-likeness (QED) is 0.474. The summed E-state index contributed by atoms with van der Waals surface area (Å²) in [5.41, 5.74) is 0.206. The molecule has 0 spiro atoms. The number of hydrogen-bond acceptors (Lipinski definition) is 5. The third-order valence-electron chi connectivity index (χ3n) is 1.55. The Hall–Kier alpha value is -1.56. The highest BCUT2D eigenvalue weighted by Crippen LogP contribution is 1.98. The smallest absolute Gasteiger partial charge is 0.192 e. The number of nitrogens with zero attached hydrogens (tertiary/aromatic N) is 3. The lowest BCUT2D eigenvalue weighted by molar-refractivity contribution is -0.121. The van der Waals surface area contributed by atoms with Gasteiger partial charge >= 0.3 is 0 Å². The fourth-order valence-corrected chi connectivity index (χ4v) is 0.957. The summed E-state index contributed by atoms with van der Waals surface area (Å²) >= 11 is 0. The molecule has 0 aliphatic carbocycles. The van der Waals surface area contributed by atoms with Crippen LogP contribution in [-0.4, -0.2) is 40.3 Å². The Labute approximate surface area is 80.9 Å². The zero-order chi connectivity index (χ0) is 10.6. The van der Waals surface area contributed by atoms with Crippen LogP contribution < -0.4 is 0 Å². The molecule has 0 radical (unpaired) electrons. The number of rotatable bonds is 5. The largest absolute Gasteiger partial charge is 0.377 e. The number of ketones is 2. The van der Waals surface area contributed by atoms with Crippen molar-refractivity contribution in [1.82, 2.24) is 15.0 Å². The second-order valence-electron chi connectivity index (χ2n) is 2.85. The molecule has 0 N–H and O–H groups in total. The summed E-state index contributed by atoms with van der Waals surface area (Å²) in [7, 11) is 3.06. The maximum absolute atomic E-state index is 11.4. The van der Waals surface area contributed by atoms with Crippen LogP contribution >= 0.6 is 0 Å². The maximum Gasteiger partial charge on any atom is 0.192 e. The summed E-state index contributed by atoms with van der Waals surface area (Å²) in [6.07, 6.45) is 1.29. The Morgan fingerprint density at radius 1 is 1.57 bits per heavy atom. The van der Waals surface area contributed by atoms with E-state index in [0.717, 1.165) is 0 Å². The van der Waals surface area contributed by atoms with Gasteiger partial charge in [0.15, 0.2) is 11.6 Å². The second-order valence-corrected chi connectivity index (χ2v) is 2.85. The molecule has 1 rings (SSSR count). The van der Waals surface area contributed by atoms with Gasteiger partial charge in [-0.3, -0.25) is 14.3 Å². The topological polar surface area (TPSA) is 74.1 Å². The lowest BCUT2D eigenvalue weighted by Crippen LogP contribution is -2.13. The van der Waals surface area contributed by atoms with Gasteiger partial charge in [0.25, 0.3) is 0 Å². The molecule has 1 aromatic heterocycles. The number of aromatic nitrogens is 3. The van der Waals surface area contributed by atoms with Crippen molar-refractivity contribution < 1.29 is 14.3 Å². The summed E-state index contributed by atoms with van der Waals surface area (Å²) in [6.45, 7) is -0.0496. The van der Waals surface area contributed by atoms with Gasteiger partial charge in [-0.05, 0) is 0 Å². The van der Waals surface area contributed by atoms with Gasteiger partial charge in [-0.2, -0.15) is 0 Å². The molecule has 6 nitrogen and oxygen atoms in total. The van der Waals surface area contributed by atoms with Crippen LogP contribution in [0.2, 0.25) is 0 Å². The predicted molar refractivity (Wildman–Crippen MR) is 46.8 cm³/mol. The van der Waals surface area contributed by atoms with Crippen molar-refractivity contribution in [3.63, 3.8) is 0 Å². The van der Waals surface area contributed by atoms with E-state index in [1.807, 2.05) is 0 Å².